The third-order valence-electron chi connectivity index (χ3n) is 11.8. The lowest BCUT2D eigenvalue weighted by molar-refractivity contribution is -0.274. The molecule has 9 nitrogen and oxygen atoms in total. The molecule has 14 heteroatoms. The van der Waals surface area contributed by atoms with E-state index in [4.69, 9.17) is 32.7 Å². The second kappa shape index (κ2) is 18.1. The van der Waals surface area contributed by atoms with Crippen molar-refractivity contribution in [2.45, 2.75) is 70.2 Å². The number of unbranched alkanes of at least 4 members (excludes halogenated alkanes) is 1. The van der Waals surface area contributed by atoms with E-state index in [0.29, 0.717) is 36.1 Å². The second-order valence-corrected chi connectivity index (χ2v) is 16.5. The number of piperidine rings is 1. The molecular weight excluding hydrogens is 802 g/mol. The maximum absolute atomic E-state index is 13.9. The number of nitrogens with zero attached hydrogens (tertiary/aromatic N) is 3. The van der Waals surface area contributed by atoms with Gasteiger partial charge in [0, 0.05) is 97.1 Å². The van der Waals surface area contributed by atoms with E-state index in [1.807, 2.05) is 36.4 Å². The number of rotatable bonds is 15. The number of carbonyl (C=O) groups is 1. The SMILES string of the molecule is O=C(CCCCn1cc(-c2ccc(OC(F)(F)F)cc2)c2cc(CN3CCN(Cc4c(Cl)cccc4Cl)CC3)ccc21)C1(NCc2ccc3c(c2)OCO3)CCNCC1. The number of aromatic nitrogens is 1. The van der Waals surface area contributed by atoms with Gasteiger partial charge in [0.1, 0.15) is 5.75 Å². The number of ketones is 1. The highest BCUT2D eigenvalue weighted by Crippen LogP contribution is 2.36. The Kier molecular flexibility index (Phi) is 12.7. The van der Waals surface area contributed by atoms with Gasteiger partial charge in [-0.15, -0.1) is 13.2 Å². The molecule has 59 heavy (non-hydrogen) atoms. The molecule has 3 aliphatic heterocycles. The number of ether oxygens (including phenoxy) is 3. The fourth-order valence-corrected chi connectivity index (χ4v) is 9.02. The zero-order chi connectivity index (χ0) is 41.0. The van der Waals surface area contributed by atoms with Crippen molar-refractivity contribution in [3.63, 3.8) is 0 Å². The normalized spacial score (nSPS) is 17.1. The molecule has 2 saturated heterocycles. The molecule has 0 radical (unpaired) electrons. The fraction of sp³-hybridized carbons (Fsp3) is 0.400. The van der Waals surface area contributed by atoms with E-state index in [9.17, 15) is 18.0 Å². The number of nitrogens with one attached hydrogen (secondary N) is 2. The van der Waals surface area contributed by atoms with E-state index in [1.165, 1.54) is 12.1 Å². The van der Waals surface area contributed by atoms with E-state index >= 15 is 0 Å². The quantitative estimate of drug-likeness (QED) is 0.101. The van der Waals surface area contributed by atoms with Crippen LogP contribution in [0.15, 0.2) is 85.1 Å². The molecule has 8 rings (SSSR count). The molecule has 2 fully saturated rings. The maximum Gasteiger partial charge on any atom is 0.573 e. The molecule has 0 spiro atoms. The average Bonchev–Trinajstić information content (AvgIpc) is 3.85. The van der Waals surface area contributed by atoms with Gasteiger partial charge >= 0.3 is 6.36 Å². The minimum Gasteiger partial charge on any atom is -0.454 e. The van der Waals surface area contributed by atoms with Crippen LogP contribution in [0.25, 0.3) is 22.0 Å². The monoisotopic (exact) mass is 849 g/mol. The second-order valence-electron chi connectivity index (χ2n) is 15.7. The molecular formula is C45H48Cl2F3N5O4. The van der Waals surface area contributed by atoms with Crippen LogP contribution in [-0.4, -0.2) is 78.1 Å². The van der Waals surface area contributed by atoms with Crippen molar-refractivity contribution in [3.05, 3.63) is 112 Å². The summed E-state index contributed by atoms with van der Waals surface area (Å²) in [4.78, 5) is 18.7. The lowest BCUT2D eigenvalue weighted by Crippen LogP contribution is -2.57. The minimum atomic E-state index is -4.77. The number of piperazine rings is 1. The molecule has 0 unspecified atom stereocenters. The van der Waals surface area contributed by atoms with E-state index in [2.05, 4.69) is 54.1 Å². The van der Waals surface area contributed by atoms with Crippen LogP contribution >= 0.6 is 23.2 Å². The molecule has 2 N–H and O–H groups in total. The van der Waals surface area contributed by atoms with Crippen LogP contribution in [0, 0.1) is 0 Å². The molecule has 0 atom stereocenters. The minimum absolute atomic E-state index is 0.219. The van der Waals surface area contributed by atoms with E-state index < -0.39 is 11.9 Å². The van der Waals surface area contributed by atoms with Gasteiger partial charge in [0.25, 0.3) is 0 Å². The van der Waals surface area contributed by atoms with Crippen LogP contribution in [0.1, 0.15) is 48.8 Å². The molecule has 4 aromatic carbocycles. The smallest absolute Gasteiger partial charge is 0.454 e. The Bertz CT molecular complexity index is 2230. The molecule has 1 aromatic heterocycles. The Labute approximate surface area is 352 Å². The molecule has 0 bridgehead atoms. The van der Waals surface area contributed by atoms with Gasteiger partial charge in [-0.1, -0.05) is 53.5 Å². The average molecular weight is 851 g/mol. The predicted molar refractivity (Wildman–Crippen MR) is 224 cm³/mol. The van der Waals surface area contributed by atoms with Crippen LogP contribution in [-0.2, 0) is 31.0 Å². The molecule has 0 amide bonds. The van der Waals surface area contributed by atoms with Crippen molar-refractivity contribution in [2.75, 3.05) is 46.1 Å². The van der Waals surface area contributed by atoms with Gasteiger partial charge in [-0.25, -0.2) is 0 Å². The lowest BCUT2D eigenvalue weighted by Gasteiger charge is -2.37. The Hall–Kier alpha value is -4.30. The first-order valence-electron chi connectivity index (χ1n) is 20.3. The van der Waals surface area contributed by atoms with Crippen LogP contribution in [0.4, 0.5) is 13.2 Å². The summed E-state index contributed by atoms with van der Waals surface area (Å²) in [5.74, 6) is 1.44. The van der Waals surface area contributed by atoms with E-state index in [1.54, 1.807) is 12.1 Å². The summed E-state index contributed by atoms with van der Waals surface area (Å²) in [6.45, 7) is 8.03. The molecule has 5 aromatic rings. The first-order valence-corrected chi connectivity index (χ1v) is 21.0. The Morgan fingerprint density at radius 2 is 1.53 bits per heavy atom. The van der Waals surface area contributed by atoms with Crippen LogP contribution in [0.5, 0.6) is 17.2 Å². The van der Waals surface area contributed by atoms with Crippen molar-refractivity contribution >= 4 is 39.9 Å². The lowest BCUT2D eigenvalue weighted by atomic mass is 9.82. The summed E-state index contributed by atoms with van der Waals surface area (Å²) in [5.41, 5.74) is 5.31. The molecule has 312 valence electrons. The topological polar surface area (TPSA) is 80.2 Å². The number of carbonyl (C=O) groups excluding carboxylic acids is 1. The molecule has 0 aliphatic carbocycles. The Balaban J connectivity index is 0.937. The summed E-state index contributed by atoms with van der Waals surface area (Å²) in [7, 11) is 0. The van der Waals surface area contributed by atoms with Crippen molar-refractivity contribution < 1.29 is 32.2 Å². The number of Topliss-reactive ketones (excluding diaryl/α,β-unsaturated/α-hetero) is 1. The van der Waals surface area contributed by atoms with Crippen LogP contribution < -0.4 is 24.8 Å². The van der Waals surface area contributed by atoms with Crippen LogP contribution in [0.3, 0.4) is 0 Å². The highest BCUT2D eigenvalue weighted by atomic mass is 35.5. The zero-order valence-electron chi connectivity index (χ0n) is 32.8. The summed E-state index contributed by atoms with van der Waals surface area (Å²) in [6, 6.07) is 24.0. The number of aryl methyl sites for hydroxylation is 1. The van der Waals surface area contributed by atoms with Gasteiger partial charge < -0.3 is 29.4 Å². The first-order chi connectivity index (χ1) is 28.5. The highest BCUT2D eigenvalue weighted by Gasteiger charge is 2.38. The van der Waals surface area contributed by atoms with Gasteiger partial charge in [0.15, 0.2) is 17.3 Å². The number of fused-ring (bicyclic) bond motifs is 2. The molecule has 3 aliphatic rings. The molecule has 0 saturated carbocycles. The van der Waals surface area contributed by atoms with Crippen molar-refractivity contribution in [2.24, 2.45) is 0 Å². The van der Waals surface area contributed by atoms with Crippen molar-refractivity contribution in [1.82, 2.24) is 25.0 Å². The zero-order valence-corrected chi connectivity index (χ0v) is 34.3. The summed E-state index contributed by atoms with van der Waals surface area (Å²) < 4.78 is 56.3. The van der Waals surface area contributed by atoms with Gasteiger partial charge in [-0.3, -0.25) is 14.6 Å². The Morgan fingerprint density at radius 3 is 2.25 bits per heavy atom. The summed E-state index contributed by atoms with van der Waals surface area (Å²) in [6.07, 6.45) is 0.742. The van der Waals surface area contributed by atoms with Gasteiger partial charge in [0.2, 0.25) is 6.79 Å². The Morgan fingerprint density at radius 1 is 0.831 bits per heavy atom. The third-order valence-corrected chi connectivity index (χ3v) is 12.5. The van der Waals surface area contributed by atoms with Crippen LogP contribution in [0.2, 0.25) is 10.0 Å². The van der Waals surface area contributed by atoms with Crippen molar-refractivity contribution in [1.29, 1.82) is 0 Å². The number of hydrogen-bond donors (Lipinski definition) is 2. The number of halogens is 5. The maximum atomic E-state index is 13.9. The fourth-order valence-electron chi connectivity index (χ4n) is 8.50. The third kappa shape index (κ3) is 10.0. The van der Waals surface area contributed by atoms with E-state index in [-0.39, 0.29) is 18.3 Å². The number of hydrogen-bond acceptors (Lipinski definition) is 8. The summed E-state index contributed by atoms with van der Waals surface area (Å²) >= 11 is 12.9. The van der Waals surface area contributed by atoms with Crippen molar-refractivity contribution in [3.8, 4) is 28.4 Å². The first kappa shape index (κ1) is 41.4. The van der Waals surface area contributed by atoms with E-state index in [0.717, 1.165) is 122 Å². The predicted octanol–water partition coefficient (Wildman–Crippen LogP) is 9.21. The molecule has 4 heterocycles. The van der Waals surface area contributed by atoms with Gasteiger partial charge in [-0.2, -0.15) is 0 Å². The van der Waals surface area contributed by atoms with Gasteiger partial charge in [0.05, 0.1) is 5.54 Å². The number of benzene rings is 4. The number of alkyl halides is 3. The highest BCUT2D eigenvalue weighted by molar-refractivity contribution is 6.36. The largest absolute Gasteiger partial charge is 0.573 e. The summed E-state index contributed by atoms with van der Waals surface area (Å²) in [5, 5.41) is 9.42. The standard InChI is InChI=1S/C45H48Cl2F3N5O4/c46-38-4-3-5-39(47)37(38)28-54-22-20-53(21-23-54)27-32-7-13-40-35(24-32)36(33-9-11-34(12-10-33)59-45(48,49)50)29-55(40)19-2-1-6-43(56)44(15-17-51-18-16-44)52-26-31-8-14-41-42(25-31)58-30-57-41/h3-5,7-14,24-25,29,51-52H,1-2,6,15-23,26-28,30H2. The van der Waals surface area contributed by atoms with Gasteiger partial charge in [-0.05, 0) is 104 Å².